The van der Waals surface area contributed by atoms with E-state index in [2.05, 4.69) is 0 Å². The molecule has 19 atom stereocenters. The maximum atomic E-state index is 16.2. The lowest BCUT2D eigenvalue weighted by molar-refractivity contribution is -0.360. The number of carbonyl (C=O) groups is 15. The van der Waals surface area contributed by atoms with Crippen molar-refractivity contribution in [3.8, 4) is 0 Å². The fraction of sp³-hybridized carbons (Fsp3) is 0.236. The van der Waals surface area contributed by atoms with Gasteiger partial charge >= 0.3 is 41.8 Å². The van der Waals surface area contributed by atoms with Gasteiger partial charge in [0.05, 0.1) is 95.6 Å². The molecule has 11 aromatic carbocycles. The molecule has 8 heterocycles. The van der Waals surface area contributed by atoms with Crippen LogP contribution >= 0.6 is 0 Å². The van der Waals surface area contributed by atoms with E-state index >= 15 is 52.7 Å². The van der Waals surface area contributed by atoms with Crippen LogP contribution in [0.1, 0.15) is 162 Å². The average Bonchev–Trinajstić information content (AvgIpc) is 1.64. The molecule has 8 amide bonds. The molecule has 1 N–H and O–H groups in total. The summed E-state index contributed by atoms with van der Waals surface area (Å²) in [6.45, 7) is -3.92. The van der Waals surface area contributed by atoms with Gasteiger partial charge in [0.15, 0.2) is 43.5 Å². The molecule has 4 saturated heterocycles. The van der Waals surface area contributed by atoms with E-state index in [9.17, 15) is 24.3 Å². The number of ether oxygens (including phenoxy) is 15. The Morgan fingerprint density at radius 3 is 0.801 bits per heavy atom. The molecule has 714 valence electrons. The maximum absolute atomic E-state index is 16.2. The van der Waals surface area contributed by atoms with Gasteiger partial charge in [0.2, 0.25) is 0 Å². The molecule has 19 rings (SSSR count). The van der Waals surface area contributed by atoms with Gasteiger partial charge < -0.3 is 76.2 Å². The maximum Gasteiger partial charge on any atom is 0.338 e. The number of esters is 7. The summed E-state index contributed by atoms with van der Waals surface area (Å²) < 4.78 is 101. The van der Waals surface area contributed by atoms with E-state index in [-0.39, 0.29) is 83.5 Å². The number of hydrogen-bond donors (Lipinski definition) is 1. The van der Waals surface area contributed by atoms with Gasteiger partial charge in [0, 0.05) is 13.5 Å². The quantitative estimate of drug-likeness (QED) is 0.0258. The van der Waals surface area contributed by atoms with Crippen LogP contribution < -0.4 is 0 Å². The van der Waals surface area contributed by atoms with E-state index in [0.717, 1.165) is 16.9 Å². The molecular formula is C106H84N4O31. The molecule has 0 spiro atoms. The smallest absolute Gasteiger partial charge is 0.338 e. The van der Waals surface area contributed by atoms with Crippen LogP contribution in [0.25, 0.3) is 0 Å². The Morgan fingerprint density at radius 2 is 0.489 bits per heavy atom. The number of fused-ring (bicyclic) bond motifs is 4. The van der Waals surface area contributed by atoms with Crippen molar-refractivity contribution in [3.63, 3.8) is 0 Å². The first kappa shape index (κ1) is 93.9. The molecule has 8 aliphatic heterocycles. The third kappa shape index (κ3) is 18.7. The molecule has 0 radical (unpaired) electrons. The first-order chi connectivity index (χ1) is 68.6. The van der Waals surface area contributed by atoms with Crippen LogP contribution in [0, 0.1) is 0 Å². The van der Waals surface area contributed by atoms with Gasteiger partial charge in [0.1, 0.15) is 87.3 Å². The summed E-state index contributed by atoms with van der Waals surface area (Å²) >= 11 is 0. The van der Waals surface area contributed by atoms with E-state index in [4.69, 9.17) is 71.1 Å². The zero-order valence-corrected chi connectivity index (χ0v) is 74.4. The summed E-state index contributed by atoms with van der Waals surface area (Å²) in [6.07, 6.45) is -33.1. The fourth-order valence-electron chi connectivity index (χ4n) is 18.5. The molecule has 0 aromatic heterocycles. The number of rotatable bonds is 29. The average molecular weight is 1910 g/mol. The van der Waals surface area contributed by atoms with Crippen LogP contribution in [0.4, 0.5) is 0 Å². The highest BCUT2D eigenvalue weighted by Gasteiger charge is 2.65. The second-order valence-corrected chi connectivity index (χ2v) is 33.7. The monoisotopic (exact) mass is 1910 g/mol. The normalized spacial score (nSPS) is 25.5. The highest BCUT2D eigenvalue weighted by molar-refractivity contribution is 6.24. The van der Waals surface area contributed by atoms with E-state index < -0.39 is 238 Å². The predicted molar refractivity (Wildman–Crippen MR) is 484 cm³/mol. The van der Waals surface area contributed by atoms with Gasteiger partial charge in [-0.2, -0.15) is 0 Å². The number of carbonyl (C=O) groups excluding carboxylic acids is 15. The highest BCUT2D eigenvalue weighted by atomic mass is 16.8. The second kappa shape index (κ2) is 40.9. The van der Waals surface area contributed by atoms with E-state index in [0.29, 0.717) is 9.80 Å². The van der Waals surface area contributed by atoms with E-state index in [1.807, 2.05) is 0 Å². The minimum Gasteiger partial charge on any atom is -0.459 e. The Labute approximate surface area is 802 Å². The van der Waals surface area contributed by atoms with Gasteiger partial charge in [0.25, 0.3) is 47.3 Å². The molecule has 11 aromatic rings. The summed E-state index contributed by atoms with van der Waals surface area (Å²) in [4.78, 5) is 233. The molecule has 0 saturated carbocycles. The van der Waals surface area contributed by atoms with Crippen molar-refractivity contribution in [2.24, 2.45) is 0 Å². The van der Waals surface area contributed by atoms with E-state index in [1.165, 1.54) is 243 Å². The Bertz CT molecular complexity index is 6530. The van der Waals surface area contributed by atoms with Crippen molar-refractivity contribution in [3.05, 3.63) is 393 Å². The summed E-state index contributed by atoms with van der Waals surface area (Å²) in [6, 6.07) is 65.8. The summed E-state index contributed by atoms with van der Waals surface area (Å²) in [5.41, 5.74) is -2.13. The Kier molecular flexibility index (Phi) is 27.2. The van der Waals surface area contributed by atoms with Crippen molar-refractivity contribution in [2.75, 3.05) is 33.5 Å². The van der Waals surface area contributed by atoms with Crippen LogP contribution in [0.15, 0.2) is 309 Å². The minimum atomic E-state index is -2.50. The van der Waals surface area contributed by atoms with Gasteiger partial charge in [-0.15, -0.1) is 0 Å². The molecule has 0 bridgehead atoms. The molecule has 35 heteroatoms. The number of benzene rings is 11. The lowest BCUT2D eigenvalue weighted by atomic mass is 9.92. The van der Waals surface area contributed by atoms with Crippen LogP contribution in [0.5, 0.6) is 0 Å². The first-order valence-corrected chi connectivity index (χ1v) is 44.9. The molecule has 35 nitrogen and oxygen atoms in total. The van der Waals surface area contributed by atoms with Gasteiger partial charge in [-0.3, -0.25) is 58.0 Å². The number of aliphatic hydroxyl groups excluding tert-OH is 1. The molecule has 0 aliphatic carbocycles. The van der Waals surface area contributed by atoms with Crippen molar-refractivity contribution >= 4 is 89.0 Å². The number of imide groups is 4. The lowest BCUT2D eigenvalue weighted by Crippen LogP contribution is -2.72. The standard InChI is InChI=1S/C106H84N4O31/c1-127-104-80(109-92(116)69-49-27-28-50-70(69)93(109)117)86(138-101(125)63-41-19-7-20-42-63)84(77(135-104)56-130-98(122)60-35-13-4-14-36-60)141-106-81(110-94(118)71-51-29-30-52-72(71)95(110)119)87(139-102(126)64-43-21-8-22-44-64)83(78(136-106)57-131-99(123)61-37-15-5-16-38-61)140-103-73(107-88(112)65-45-23-24-46-66(65)89(107)113)53-74(75(133-103)54-128-96(120)58-31-9-2-10-32-58)132-105-79(108-90(114)67-47-25-26-48-68(67)91(108)115)85(137-100(124)62-39-17-6-18-40-62)82(111)76(134-105)55-129-97(121)59-33-11-3-12-34-59/h2-52,73-87,103-106,111H,53-57H2,1H3/t73-,74-,75?,76?,77?,78?,79+,80-,81+,82?,83?,84+,85-,86?,87-,103-,104+,105?,106?/m1/s1. The topological polar surface area (TPSA) is 428 Å². The summed E-state index contributed by atoms with van der Waals surface area (Å²) in [7, 11) is 1.14. The Morgan fingerprint density at radius 1 is 0.262 bits per heavy atom. The van der Waals surface area contributed by atoms with E-state index in [1.54, 1.807) is 66.7 Å². The van der Waals surface area contributed by atoms with Crippen molar-refractivity contribution in [1.82, 2.24) is 19.6 Å². The zero-order valence-electron chi connectivity index (χ0n) is 74.4. The van der Waals surface area contributed by atoms with Crippen LogP contribution in [-0.2, 0) is 71.1 Å². The zero-order chi connectivity index (χ0) is 97.8. The van der Waals surface area contributed by atoms with Gasteiger partial charge in [-0.05, 0) is 133 Å². The molecule has 141 heavy (non-hydrogen) atoms. The third-order valence-corrected chi connectivity index (χ3v) is 25.3. The Hall–Kier alpha value is -16.1. The van der Waals surface area contributed by atoms with Gasteiger partial charge in [-0.25, -0.2) is 33.6 Å². The number of aliphatic hydroxyl groups is 1. The van der Waals surface area contributed by atoms with Crippen molar-refractivity contribution < 1.29 is 148 Å². The van der Waals surface area contributed by atoms with Crippen molar-refractivity contribution in [1.29, 1.82) is 0 Å². The highest BCUT2D eigenvalue weighted by Crippen LogP contribution is 2.46. The summed E-state index contributed by atoms with van der Waals surface area (Å²) in [5.74, 6) is -16.0. The van der Waals surface area contributed by atoms with Crippen LogP contribution in [-0.4, -0.2) is 264 Å². The number of hydrogen-bond acceptors (Lipinski definition) is 31. The number of amides is 8. The Balaban J connectivity index is 0.791. The third-order valence-electron chi connectivity index (χ3n) is 25.3. The molecular weight excluding hydrogens is 1830 g/mol. The largest absolute Gasteiger partial charge is 0.459 e. The fourth-order valence-corrected chi connectivity index (χ4v) is 18.5. The first-order valence-electron chi connectivity index (χ1n) is 44.9. The van der Waals surface area contributed by atoms with Crippen molar-refractivity contribution in [2.45, 2.75) is 123 Å². The molecule has 4 fully saturated rings. The van der Waals surface area contributed by atoms with Crippen LogP contribution in [0.3, 0.4) is 0 Å². The number of nitrogens with zero attached hydrogens (tertiary/aromatic N) is 4. The SMILES string of the molecule is CO[C@H]1OC(COC(=O)c2ccccc2)[C@H](OC2OC(COC(=O)c3ccccc3)C(O[C@H]3OC(COC(=O)c4ccccc4)[C@H](OC4OC(COC(=O)c5ccccc5)C(O)[C@H](OC(=O)c5ccccc5)[C@@H]4N4C(=O)c5ccccc5C4=O)C[C@H]3N3C(=O)c4ccccc4C3=O)[C@H](OC(=O)c3ccccc3)[C@@H]2N2C(=O)c3ccccc3C2=O)C(OC(=O)c2ccccc2)[C@H]1N1C(=O)c2ccccc2C1=O. The summed E-state index contributed by atoms with van der Waals surface area (Å²) in [5, 5.41) is 12.9. The number of methoxy groups -OCH3 is 1. The molecule has 8 aliphatic rings. The molecule has 9 unspecified atom stereocenters. The van der Waals surface area contributed by atoms with Crippen LogP contribution in [0.2, 0.25) is 0 Å². The predicted octanol–water partition coefficient (Wildman–Crippen LogP) is 10.2. The lowest BCUT2D eigenvalue weighted by Gasteiger charge is -2.53. The second-order valence-electron chi connectivity index (χ2n) is 33.7. The van der Waals surface area contributed by atoms with Gasteiger partial charge in [-0.1, -0.05) is 176 Å². The minimum absolute atomic E-state index is 0.00134.